The first kappa shape index (κ1) is 17.5. The van der Waals surface area contributed by atoms with Crippen LogP contribution in [0, 0.1) is 0 Å². The van der Waals surface area contributed by atoms with E-state index in [4.69, 9.17) is 9.72 Å². The number of carbonyl (C=O) groups excluding carboxylic acids is 1. The van der Waals surface area contributed by atoms with Crippen LogP contribution in [-0.2, 0) is 4.79 Å². The zero-order chi connectivity index (χ0) is 18.6. The third-order valence-corrected chi connectivity index (χ3v) is 5.74. The van der Waals surface area contributed by atoms with Crippen LogP contribution in [0.5, 0.6) is 5.75 Å². The summed E-state index contributed by atoms with van der Waals surface area (Å²) in [6, 6.07) is 15.8. The smallest absolute Gasteiger partial charge is 0.246 e. The minimum absolute atomic E-state index is 0.0625. The molecule has 1 saturated heterocycles. The average molecular weight is 379 g/mol. The average Bonchev–Trinajstić information content (AvgIpc) is 3.16. The van der Waals surface area contributed by atoms with Gasteiger partial charge in [-0.05, 0) is 29.8 Å². The highest BCUT2D eigenvalue weighted by Gasteiger charge is 2.22. The highest BCUT2D eigenvalue weighted by atomic mass is 32.1. The number of rotatable bonds is 4. The van der Waals surface area contributed by atoms with Crippen molar-refractivity contribution in [1.82, 2.24) is 9.88 Å². The standard InChI is InChI=1S/C21H21N3O2S/c1-26-17-8-9-18-19(15-17)27-21(22-18)24-13-11-23(12-14-24)20(25)10-7-16-5-3-2-4-6-16/h2-10,15H,11-14H2,1H3. The minimum Gasteiger partial charge on any atom is -0.497 e. The molecule has 138 valence electrons. The molecule has 0 saturated carbocycles. The minimum atomic E-state index is 0.0625. The first-order valence-corrected chi connectivity index (χ1v) is 9.76. The number of ether oxygens (including phenoxy) is 1. The number of aromatic nitrogens is 1. The summed E-state index contributed by atoms with van der Waals surface area (Å²) in [5, 5.41) is 1.00. The molecule has 6 heteroatoms. The van der Waals surface area contributed by atoms with Crippen LogP contribution in [0.3, 0.4) is 0 Å². The van der Waals surface area contributed by atoms with E-state index in [1.165, 1.54) is 0 Å². The SMILES string of the molecule is COc1ccc2nc(N3CCN(C(=O)C=Cc4ccccc4)CC3)sc2c1. The number of hydrogen-bond acceptors (Lipinski definition) is 5. The third kappa shape index (κ3) is 3.95. The number of anilines is 1. The normalized spacial score (nSPS) is 14.9. The third-order valence-electron chi connectivity index (χ3n) is 4.66. The Bertz CT molecular complexity index is 960. The first-order valence-electron chi connectivity index (χ1n) is 8.94. The largest absolute Gasteiger partial charge is 0.497 e. The van der Waals surface area contributed by atoms with E-state index in [0.29, 0.717) is 13.1 Å². The molecule has 27 heavy (non-hydrogen) atoms. The number of piperazine rings is 1. The van der Waals surface area contributed by atoms with E-state index in [0.717, 1.165) is 39.8 Å². The fraction of sp³-hybridized carbons (Fsp3) is 0.238. The molecule has 1 aliphatic rings. The highest BCUT2D eigenvalue weighted by Crippen LogP contribution is 2.31. The topological polar surface area (TPSA) is 45.7 Å². The maximum atomic E-state index is 12.4. The van der Waals surface area contributed by atoms with Crippen molar-refractivity contribution in [2.75, 3.05) is 38.2 Å². The van der Waals surface area contributed by atoms with Crippen molar-refractivity contribution in [3.05, 3.63) is 60.2 Å². The second-order valence-electron chi connectivity index (χ2n) is 6.39. The molecule has 0 N–H and O–H groups in total. The number of thiazole rings is 1. The lowest BCUT2D eigenvalue weighted by molar-refractivity contribution is -0.126. The fourth-order valence-electron chi connectivity index (χ4n) is 3.11. The van der Waals surface area contributed by atoms with Gasteiger partial charge >= 0.3 is 0 Å². The van der Waals surface area contributed by atoms with Crippen LogP contribution in [0.25, 0.3) is 16.3 Å². The van der Waals surface area contributed by atoms with Crippen molar-refractivity contribution in [3.63, 3.8) is 0 Å². The zero-order valence-corrected chi connectivity index (χ0v) is 16.0. The molecule has 4 rings (SSSR count). The predicted octanol–water partition coefficient (Wildman–Crippen LogP) is 3.67. The van der Waals surface area contributed by atoms with Gasteiger partial charge in [0.05, 0.1) is 17.3 Å². The quantitative estimate of drug-likeness (QED) is 0.649. The van der Waals surface area contributed by atoms with Crippen LogP contribution >= 0.6 is 11.3 Å². The number of hydrogen-bond donors (Lipinski definition) is 0. The van der Waals surface area contributed by atoms with Gasteiger partial charge in [-0.1, -0.05) is 41.7 Å². The molecule has 0 atom stereocenters. The van der Waals surface area contributed by atoms with E-state index in [-0.39, 0.29) is 5.91 Å². The molecule has 5 nitrogen and oxygen atoms in total. The number of nitrogens with zero attached hydrogens (tertiary/aromatic N) is 3. The molecule has 3 aromatic rings. The lowest BCUT2D eigenvalue weighted by Crippen LogP contribution is -2.48. The lowest BCUT2D eigenvalue weighted by atomic mass is 10.2. The molecule has 2 heterocycles. The van der Waals surface area contributed by atoms with Crippen LogP contribution in [0.2, 0.25) is 0 Å². The van der Waals surface area contributed by atoms with Gasteiger partial charge in [-0.2, -0.15) is 0 Å². The van der Waals surface area contributed by atoms with E-state index < -0.39 is 0 Å². The maximum absolute atomic E-state index is 12.4. The summed E-state index contributed by atoms with van der Waals surface area (Å²) in [5.41, 5.74) is 2.02. The number of carbonyl (C=O) groups is 1. The van der Waals surface area contributed by atoms with Crippen LogP contribution in [0.15, 0.2) is 54.6 Å². The molecular weight excluding hydrogens is 358 g/mol. The molecule has 1 aliphatic heterocycles. The van der Waals surface area contributed by atoms with Gasteiger partial charge in [-0.3, -0.25) is 4.79 Å². The van der Waals surface area contributed by atoms with Crippen LogP contribution in [0.4, 0.5) is 5.13 Å². The number of amides is 1. The molecule has 0 aliphatic carbocycles. The Balaban J connectivity index is 1.38. The molecule has 0 spiro atoms. The molecule has 0 bridgehead atoms. The summed E-state index contributed by atoms with van der Waals surface area (Å²) in [6.07, 6.45) is 3.53. The van der Waals surface area contributed by atoms with Gasteiger partial charge in [0.25, 0.3) is 0 Å². The molecule has 2 aromatic carbocycles. The van der Waals surface area contributed by atoms with Crippen molar-refractivity contribution >= 4 is 38.7 Å². The summed E-state index contributed by atoms with van der Waals surface area (Å²) in [5.74, 6) is 0.908. The van der Waals surface area contributed by atoms with Gasteiger partial charge in [-0.15, -0.1) is 0 Å². The van der Waals surface area contributed by atoms with Crippen molar-refractivity contribution in [3.8, 4) is 5.75 Å². The Labute approximate surface area is 162 Å². The molecule has 1 aromatic heterocycles. The summed E-state index contributed by atoms with van der Waals surface area (Å²) >= 11 is 1.67. The molecular formula is C21H21N3O2S. The summed E-state index contributed by atoms with van der Waals surface area (Å²) in [4.78, 5) is 21.3. The molecule has 1 amide bonds. The van der Waals surface area contributed by atoms with Gasteiger partial charge in [0, 0.05) is 32.3 Å². The van der Waals surface area contributed by atoms with Crippen molar-refractivity contribution in [1.29, 1.82) is 0 Å². The van der Waals surface area contributed by atoms with Crippen LogP contribution in [0.1, 0.15) is 5.56 Å². The van der Waals surface area contributed by atoms with E-state index in [2.05, 4.69) is 4.90 Å². The number of methoxy groups -OCH3 is 1. The van der Waals surface area contributed by atoms with E-state index in [1.54, 1.807) is 24.5 Å². The van der Waals surface area contributed by atoms with Crippen molar-refractivity contribution < 1.29 is 9.53 Å². The van der Waals surface area contributed by atoms with E-state index in [1.807, 2.05) is 59.5 Å². The van der Waals surface area contributed by atoms with Gasteiger partial charge in [-0.25, -0.2) is 4.98 Å². The maximum Gasteiger partial charge on any atom is 0.246 e. The lowest BCUT2D eigenvalue weighted by Gasteiger charge is -2.34. The first-order chi connectivity index (χ1) is 13.2. The molecule has 0 radical (unpaired) electrons. The Morgan fingerprint density at radius 2 is 1.89 bits per heavy atom. The Morgan fingerprint density at radius 3 is 2.63 bits per heavy atom. The van der Waals surface area contributed by atoms with Gasteiger partial charge in [0.2, 0.25) is 5.91 Å². The summed E-state index contributed by atoms with van der Waals surface area (Å²) in [6.45, 7) is 3.00. The van der Waals surface area contributed by atoms with Gasteiger partial charge < -0.3 is 14.5 Å². The van der Waals surface area contributed by atoms with Crippen molar-refractivity contribution in [2.24, 2.45) is 0 Å². The monoisotopic (exact) mass is 379 g/mol. The molecule has 1 fully saturated rings. The Morgan fingerprint density at radius 1 is 1.11 bits per heavy atom. The number of fused-ring (bicyclic) bond motifs is 1. The predicted molar refractivity (Wildman–Crippen MR) is 110 cm³/mol. The zero-order valence-electron chi connectivity index (χ0n) is 15.2. The second-order valence-corrected chi connectivity index (χ2v) is 7.40. The van der Waals surface area contributed by atoms with Gasteiger partial charge in [0.1, 0.15) is 5.75 Å². The summed E-state index contributed by atoms with van der Waals surface area (Å²) < 4.78 is 6.41. The highest BCUT2D eigenvalue weighted by molar-refractivity contribution is 7.22. The van der Waals surface area contributed by atoms with Crippen LogP contribution in [-0.4, -0.2) is 49.1 Å². The van der Waals surface area contributed by atoms with Crippen molar-refractivity contribution in [2.45, 2.75) is 0 Å². The van der Waals surface area contributed by atoms with E-state index in [9.17, 15) is 4.79 Å². The Kier molecular flexibility index (Phi) is 5.07. The summed E-state index contributed by atoms with van der Waals surface area (Å²) in [7, 11) is 1.67. The molecule has 0 unspecified atom stereocenters. The number of benzene rings is 2. The second kappa shape index (κ2) is 7.80. The van der Waals surface area contributed by atoms with Crippen LogP contribution < -0.4 is 9.64 Å². The van der Waals surface area contributed by atoms with E-state index >= 15 is 0 Å². The Hall–Kier alpha value is -2.86. The van der Waals surface area contributed by atoms with Gasteiger partial charge in [0.15, 0.2) is 5.13 Å². The fourth-order valence-corrected chi connectivity index (χ4v) is 4.16.